The van der Waals surface area contributed by atoms with E-state index in [0.717, 1.165) is 23.9 Å². The molecule has 0 saturated heterocycles. The molecular formula is C16H16F2N2O. The zero-order valence-electron chi connectivity index (χ0n) is 11.4. The average molecular weight is 290 g/mol. The van der Waals surface area contributed by atoms with Crippen LogP contribution < -0.4 is 10.6 Å². The van der Waals surface area contributed by atoms with Crippen LogP contribution in [-0.2, 0) is 0 Å². The van der Waals surface area contributed by atoms with E-state index in [0.29, 0.717) is 19.5 Å². The van der Waals surface area contributed by atoms with E-state index in [1.807, 2.05) is 30.3 Å². The summed E-state index contributed by atoms with van der Waals surface area (Å²) in [6.45, 7) is 1.06. The van der Waals surface area contributed by atoms with Crippen LogP contribution in [0.15, 0.2) is 48.5 Å². The van der Waals surface area contributed by atoms with E-state index in [2.05, 4.69) is 10.6 Å². The number of amides is 1. The van der Waals surface area contributed by atoms with Crippen molar-refractivity contribution in [2.24, 2.45) is 0 Å². The molecule has 0 fully saturated rings. The Bertz CT molecular complexity index is 602. The van der Waals surface area contributed by atoms with Crippen molar-refractivity contribution in [1.29, 1.82) is 0 Å². The van der Waals surface area contributed by atoms with E-state index in [4.69, 9.17) is 0 Å². The van der Waals surface area contributed by atoms with Gasteiger partial charge in [-0.25, -0.2) is 8.78 Å². The standard InChI is InChI=1S/C16H16F2N2O/c17-12-7-8-15(18)14(11-12)16(21)20-10-4-9-19-13-5-2-1-3-6-13/h1-3,5-8,11,19H,4,9-10H2,(H,20,21). The van der Waals surface area contributed by atoms with E-state index in [-0.39, 0.29) is 5.56 Å². The Morgan fingerprint density at radius 2 is 1.76 bits per heavy atom. The Morgan fingerprint density at radius 1 is 1.00 bits per heavy atom. The summed E-state index contributed by atoms with van der Waals surface area (Å²) in [4.78, 5) is 11.7. The maximum absolute atomic E-state index is 13.4. The van der Waals surface area contributed by atoms with Crippen LogP contribution in [0, 0.1) is 11.6 Å². The molecule has 2 aromatic rings. The van der Waals surface area contributed by atoms with Crippen molar-refractivity contribution in [3.8, 4) is 0 Å². The number of para-hydroxylation sites is 1. The van der Waals surface area contributed by atoms with Crippen LogP contribution >= 0.6 is 0 Å². The number of anilines is 1. The summed E-state index contributed by atoms with van der Waals surface area (Å²) >= 11 is 0. The fraction of sp³-hybridized carbons (Fsp3) is 0.188. The van der Waals surface area contributed by atoms with Crippen LogP contribution in [0.25, 0.3) is 0 Å². The van der Waals surface area contributed by atoms with Gasteiger partial charge in [-0.3, -0.25) is 4.79 Å². The topological polar surface area (TPSA) is 41.1 Å². The molecular weight excluding hydrogens is 274 g/mol. The Labute approximate surface area is 122 Å². The van der Waals surface area contributed by atoms with Crippen molar-refractivity contribution in [1.82, 2.24) is 5.32 Å². The van der Waals surface area contributed by atoms with Gasteiger partial charge in [0.2, 0.25) is 0 Å². The second-order valence-electron chi connectivity index (χ2n) is 4.53. The maximum Gasteiger partial charge on any atom is 0.254 e. The molecule has 0 aromatic heterocycles. The highest BCUT2D eigenvalue weighted by molar-refractivity contribution is 5.94. The number of benzene rings is 2. The fourth-order valence-corrected chi connectivity index (χ4v) is 1.85. The summed E-state index contributed by atoms with van der Waals surface area (Å²) in [6.07, 6.45) is 0.678. The van der Waals surface area contributed by atoms with Crippen LogP contribution in [-0.4, -0.2) is 19.0 Å². The minimum atomic E-state index is -0.726. The molecule has 110 valence electrons. The van der Waals surface area contributed by atoms with Gasteiger partial charge in [0.05, 0.1) is 5.56 Å². The van der Waals surface area contributed by atoms with Gasteiger partial charge in [-0.15, -0.1) is 0 Å². The number of rotatable bonds is 6. The van der Waals surface area contributed by atoms with Crippen LogP contribution in [0.1, 0.15) is 16.8 Å². The number of hydrogen-bond donors (Lipinski definition) is 2. The maximum atomic E-state index is 13.4. The third kappa shape index (κ3) is 4.56. The zero-order valence-corrected chi connectivity index (χ0v) is 11.4. The highest BCUT2D eigenvalue weighted by Gasteiger charge is 2.11. The van der Waals surface area contributed by atoms with Gasteiger partial charge in [0, 0.05) is 18.8 Å². The SMILES string of the molecule is O=C(NCCCNc1ccccc1)c1cc(F)ccc1F. The summed E-state index contributed by atoms with van der Waals surface area (Å²) in [6, 6.07) is 12.5. The van der Waals surface area contributed by atoms with E-state index in [1.54, 1.807) is 0 Å². The van der Waals surface area contributed by atoms with Crippen molar-refractivity contribution in [2.45, 2.75) is 6.42 Å². The van der Waals surface area contributed by atoms with Crippen LogP contribution in [0.4, 0.5) is 14.5 Å². The summed E-state index contributed by atoms with van der Waals surface area (Å²) in [5, 5.41) is 5.76. The molecule has 2 aromatic carbocycles. The average Bonchev–Trinajstić information content (AvgIpc) is 2.50. The molecule has 2 N–H and O–H groups in total. The van der Waals surface area contributed by atoms with Crippen molar-refractivity contribution in [2.75, 3.05) is 18.4 Å². The number of nitrogens with one attached hydrogen (secondary N) is 2. The lowest BCUT2D eigenvalue weighted by molar-refractivity contribution is 0.0949. The van der Waals surface area contributed by atoms with E-state index >= 15 is 0 Å². The zero-order chi connectivity index (χ0) is 15.1. The first-order chi connectivity index (χ1) is 10.2. The lowest BCUT2D eigenvalue weighted by Crippen LogP contribution is -2.26. The first-order valence-corrected chi connectivity index (χ1v) is 6.69. The van der Waals surface area contributed by atoms with Crippen LogP contribution in [0.5, 0.6) is 0 Å². The molecule has 0 bridgehead atoms. The number of hydrogen-bond acceptors (Lipinski definition) is 2. The molecule has 0 atom stereocenters. The largest absolute Gasteiger partial charge is 0.385 e. The smallest absolute Gasteiger partial charge is 0.254 e. The predicted molar refractivity (Wildman–Crippen MR) is 78.2 cm³/mol. The summed E-state index contributed by atoms with van der Waals surface area (Å²) in [5.41, 5.74) is 0.728. The Kier molecular flexibility index (Phi) is 5.26. The second-order valence-corrected chi connectivity index (χ2v) is 4.53. The number of carbonyl (C=O) groups excluding carboxylic acids is 1. The van der Waals surface area contributed by atoms with Gasteiger partial charge < -0.3 is 10.6 Å². The molecule has 0 heterocycles. The van der Waals surface area contributed by atoms with Crippen LogP contribution in [0.2, 0.25) is 0 Å². The first-order valence-electron chi connectivity index (χ1n) is 6.69. The summed E-state index contributed by atoms with van der Waals surface area (Å²) < 4.78 is 26.4. The number of carbonyl (C=O) groups is 1. The van der Waals surface area contributed by atoms with Gasteiger partial charge in [0.25, 0.3) is 5.91 Å². The van der Waals surface area contributed by atoms with Crippen molar-refractivity contribution in [3.05, 3.63) is 65.7 Å². The third-order valence-corrected chi connectivity index (χ3v) is 2.92. The van der Waals surface area contributed by atoms with Crippen molar-refractivity contribution >= 4 is 11.6 Å². The molecule has 0 radical (unpaired) electrons. The van der Waals surface area contributed by atoms with E-state index in [9.17, 15) is 13.6 Å². The Morgan fingerprint density at radius 3 is 2.52 bits per heavy atom. The fourth-order valence-electron chi connectivity index (χ4n) is 1.85. The molecule has 2 rings (SSSR count). The monoisotopic (exact) mass is 290 g/mol. The molecule has 0 unspecified atom stereocenters. The molecule has 0 saturated carbocycles. The highest BCUT2D eigenvalue weighted by atomic mass is 19.1. The first kappa shape index (κ1) is 15.0. The molecule has 21 heavy (non-hydrogen) atoms. The van der Waals surface area contributed by atoms with Crippen molar-refractivity contribution in [3.63, 3.8) is 0 Å². The lowest BCUT2D eigenvalue weighted by atomic mass is 10.2. The normalized spacial score (nSPS) is 10.2. The lowest BCUT2D eigenvalue weighted by Gasteiger charge is -2.08. The van der Waals surface area contributed by atoms with Crippen molar-refractivity contribution < 1.29 is 13.6 Å². The Hall–Kier alpha value is -2.43. The molecule has 3 nitrogen and oxygen atoms in total. The predicted octanol–water partition coefficient (Wildman–Crippen LogP) is 3.20. The molecule has 1 amide bonds. The Balaban J connectivity index is 1.73. The summed E-state index contributed by atoms with van der Waals surface area (Å²) in [5.74, 6) is -1.96. The van der Waals surface area contributed by atoms with Gasteiger partial charge in [0.15, 0.2) is 0 Å². The number of halogens is 2. The summed E-state index contributed by atoms with van der Waals surface area (Å²) in [7, 11) is 0. The van der Waals surface area contributed by atoms with Gasteiger partial charge in [-0.05, 0) is 36.8 Å². The quantitative estimate of drug-likeness (QED) is 0.802. The molecule has 0 aliphatic heterocycles. The van der Waals surface area contributed by atoms with Gasteiger partial charge in [-0.2, -0.15) is 0 Å². The van der Waals surface area contributed by atoms with Gasteiger partial charge in [-0.1, -0.05) is 18.2 Å². The van der Waals surface area contributed by atoms with E-state index in [1.165, 1.54) is 0 Å². The van der Waals surface area contributed by atoms with E-state index < -0.39 is 17.5 Å². The molecule has 5 heteroatoms. The van der Waals surface area contributed by atoms with Gasteiger partial charge >= 0.3 is 0 Å². The third-order valence-electron chi connectivity index (χ3n) is 2.92. The molecule has 0 aliphatic carbocycles. The minimum Gasteiger partial charge on any atom is -0.385 e. The molecule has 0 spiro atoms. The van der Waals surface area contributed by atoms with Crippen LogP contribution in [0.3, 0.4) is 0 Å². The second kappa shape index (κ2) is 7.38. The van der Waals surface area contributed by atoms with Gasteiger partial charge in [0.1, 0.15) is 11.6 Å². The minimum absolute atomic E-state index is 0.272. The highest BCUT2D eigenvalue weighted by Crippen LogP contribution is 2.09. The molecule has 0 aliphatic rings.